The predicted octanol–water partition coefficient (Wildman–Crippen LogP) is 2.32. The van der Waals surface area contributed by atoms with E-state index in [0.29, 0.717) is 29.4 Å². The average molecular weight is 310 g/mol. The quantitative estimate of drug-likeness (QED) is 0.775. The van der Waals surface area contributed by atoms with Gasteiger partial charge in [-0.2, -0.15) is 0 Å². The van der Waals surface area contributed by atoms with Gasteiger partial charge in [-0.3, -0.25) is 4.79 Å². The van der Waals surface area contributed by atoms with Crippen molar-refractivity contribution in [2.24, 2.45) is 0 Å². The number of hydrogen-bond donors (Lipinski definition) is 2. The third kappa shape index (κ3) is 3.26. The minimum absolute atomic E-state index is 0.0444. The van der Waals surface area contributed by atoms with Crippen LogP contribution >= 0.6 is 0 Å². The first-order valence-corrected chi connectivity index (χ1v) is 7.19. The molecule has 0 unspecified atom stereocenters. The third-order valence-electron chi connectivity index (χ3n) is 3.47. The molecule has 0 aliphatic heterocycles. The highest BCUT2D eigenvalue weighted by atomic mass is 19.1. The largest absolute Gasteiger partial charge is 0.368 e. The van der Waals surface area contributed by atoms with Crippen LogP contribution in [0.25, 0.3) is 10.9 Å². The molecule has 0 saturated carbocycles. The molecule has 2 aromatic carbocycles. The zero-order valence-corrected chi connectivity index (χ0v) is 12.3. The smallest absolute Gasteiger partial charge is 0.270 e. The number of para-hydroxylation sites is 1. The Bertz CT molecular complexity index is 866. The summed E-state index contributed by atoms with van der Waals surface area (Å²) in [4.78, 5) is 20.5. The van der Waals surface area contributed by atoms with E-state index < -0.39 is 0 Å². The molecule has 6 heteroatoms. The van der Waals surface area contributed by atoms with Gasteiger partial charge in [0.25, 0.3) is 5.91 Å². The highest BCUT2D eigenvalue weighted by Gasteiger charge is 2.13. The normalized spacial score (nSPS) is 10.7. The van der Waals surface area contributed by atoms with Crippen molar-refractivity contribution < 1.29 is 9.18 Å². The molecule has 116 valence electrons. The maximum absolute atomic E-state index is 13.5. The summed E-state index contributed by atoms with van der Waals surface area (Å²) >= 11 is 0. The first-order chi connectivity index (χ1) is 11.1. The molecule has 23 heavy (non-hydrogen) atoms. The lowest BCUT2D eigenvalue weighted by Gasteiger charge is -2.08. The second kappa shape index (κ2) is 6.39. The zero-order chi connectivity index (χ0) is 16.2. The Hall–Kier alpha value is -3.02. The molecule has 1 heterocycles. The number of nitrogens with two attached hydrogens (primary N) is 1. The topological polar surface area (TPSA) is 80.9 Å². The SMILES string of the molecule is Nc1nc(C(=O)NCCc2ccccc2F)c2ccccc2n1. The van der Waals surface area contributed by atoms with Crippen LogP contribution in [-0.4, -0.2) is 22.4 Å². The lowest BCUT2D eigenvalue weighted by molar-refractivity contribution is 0.0951. The van der Waals surface area contributed by atoms with Crippen molar-refractivity contribution in [1.82, 2.24) is 15.3 Å². The van der Waals surface area contributed by atoms with E-state index in [-0.39, 0.29) is 23.4 Å². The van der Waals surface area contributed by atoms with Crippen LogP contribution in [0.3, 0.4) is 0 Å². The van der Waals surface area contributed by atoms with Gasteiger partial charge in [-0.05, 0) is 24.1 Å². The van der Waals surface area contributed by atoms with Gasteiger partial charge in [-0.25, -0.2) is 14.4 Å². The van der Waals surface area contributed by atoms with E-state index in [4.69, 9.17) is 5.73 Å². The fourth-order valence-electron chi connectivity index (χ4n) is 2.36. The van der Waals surface area contributed by atoms with Gasteiger partial charge in [0.1, 0.15) is 11.5 Å². The molecule has 3 N–H and O–H groups in total. The molecule has 0 aliphatic carbocycles. The summed E-state index contributed by atoms with van der Waals surface area (Å²) in [7, 11) is 0. The number of benzene rings is 2. The van der Waals surface area contributed by atoms with E-state index in [9.17, 15) is 9.18 Å². The van der Waals surface area contributed by atoms with Gasteiger partial charge < -0.3 is 11.1 Å². The van der Waals surface area contributed by atoms with Crippen molar-refractivity contribution in [3.63, 3.8) is 0 Å². The molecule has 0 radical (unpaired) electrons. The number of nitrogens with one attached hydrogen (secondary N) is 1. The van der Waals surface area contributed by atoms with Gasteiger partial charge in [0.05, 0.1) is 5.52 Å². The molecule has 1 aromatic heterocycles. The minimum atomic E-state index is -0.355. The van der Waals surface area contributed by atoms with Gasteiger partial charge in [0.15, 0.2) is 0 Å². The van der Waals surface area contributed by atoms with Crippen molar-refractivity contribution in [1.29, 1.82) is 0 Å². The Morgan fingerprint density at radius 3 is 2.65 bits per heavy atom. The fourth-order valence-corrected chi connectivity index (χ4v) is 2.36. The van der Waals surface area contributed by atoms with E-state index in [2.05, 4.69) is 15.3 Å². The minimum Gasteiger partial charge on any atom is -0.368 e. The van der Waals surface area contributed by atoms with Crippen LogP contribution < -0.4 is 11.1 Å². The molecule has 3 aromatic rings. The van der Waals surface area contributed by atoms with Gasteiger partial charge in [-0.1, -0.05) is 36.4 Å². The monoisotopic (exact) mass is 310 g/mol. The van der Waals surface area contributed by atoms with Crippen molar-refractivity contribution in [3.05, 3.63) is 65.6 Å². The Morgan fingerprint density at radius 1 is 1.09 bits per heavy atom. The molecule has 3 rings (SSSR count). The highest BCUT2D eigenvalue weighted by molar-refractivity contribution is 6.04. The van der Waals surface area contributed by atoms with Crippen LogP contribution in [0.15, 0.2) is 48.5 Å². The van der Waals surface area contributed by atoms with Gasteiger partial charge >= 0.3 is 0 Å². The number of hydrogen-bond acceptors (Lipinski definition) is 4. The van der Waals surface area contributed by atoms with Gasteiger partial charge in [0, 0.05) is 11.9 Å². The Kier molecular flexibility index (Phi) is 4.14. The second-order valence-corrected chi connectivity index (χ2v) is 5.04. The lowest BCUT2D eigenvalue weighted by atomic mass is 10.1. The predicted molar refractivity (Wildman–Crippen MR) is 86.4 cm³/mol. The second-order valence-electron chi connectivity index (χ2n) is 5.04. The van der Waals surface area contributed by atoms with E-state index in [1.807, 2.05) is 6.07 Å². The number of amides is 1. The Morgan fingerprint density at radius 2 is 1.83 bits per heavy atom. The fraction of sp³-hybridized carbons (Fsp3) is 0.118. The molecule has 0 saturated heterocycles. The standard InChI is InChI=1S/C17H15FN4O/c18-13-7-3-1-5-11(13)9-10-20-16(23)15-12-6-2-4-8-14(12)21-17(19)22-15/h1-8H,9-10H2,(H,20,23)(H2,19,21,22). The number of halogens is 1. The van der Waals surface area contributed by atoms with Crippen molar-refractivity contribution in [2.45, 2.75) is 6.42 Å². The maximum atomic E-state index is 13.5. The van der Waals surface area contributed by atoms with Crippen LogP contribution in [0.1, 0.15) is 16.1 Å². The number of carbonyl (C=O) groups is 1. The zero-order valence-electron chi connectivity index (χ0n) is 12.3. The molecule has 0 bridgehead atoms. The summed E-state index contributed by atoms with van der Waals surface area (Å²) in [5, 5.41) is 3.37. The summed E-state index contributed by atoms with van der Waals surface area (Å²) in [5.41, 5.74) is 7.04. The molecular weight excluding hydrogens is 295 g/mol. The molecule has 0 fully saturated rings. The molecule has 1 amide bonds. The summed E-state index contributed by atoms with van der Waals surface area (Å²) in [5.74, 6) is -0.590. The van der Waals surface area contributed by atoms with Crippen molar-refractivity contribution in [3.8, 4) is 0 Å². The number of aromatic nitrogens is 2. The average Bonchev–Trinajstić information content (AvgIpc) is 2.55. The van der Waals surface area contributed by atoms with E-state index in [1.165, 1.54) is 6.07 Å². The summed E-state index contributed by atoms with van der Waals surface area (Å²) in [6.07, 6.45) is 0.400. The first-order valence-electron chi connectivity index (χ1n) is 7.19. The van der Waals surface area contributed by atoms with E-state index in [1.54, 1.807) is 36.4 Å². The molecule has 5 nitrogen and oxygen atoms in total. The number of nitrogen functional groups attached to an aromatic ring is 1. The molecule has 0 spiro atoms. The number of rotatable bonds is 4. The van der Waals surface area contributed by atoms with Gasteiger partial charge in [-0.15, -0.1) is 0 Å². The van der Waals surface area contributed by atoms with Crippen LogP contribution in [0.2, 0.25) is 0 Å². The van der Waals surface area contributed by atoms with Gasteiger partial charge in [0.2, 0.25) is 5.95 Å². The summed E-state index contributed by atoms with van der Waals surface area (Å²) in [6, 6.07) is 13.6. The van der Waals surface area contributed by atoms with Crippen LogP contribution in [-0.2, 0) is 6.42 Å². The van der Waals surface area contributed by atoms with Crippen LogP contribution in [0.4, 0.5) is 10.3 Å². The number of anilines is 1. The van der Waals surface area contributed by atoms with Crippen LogP contribution in [0, 0.1) is 5.82 Å². The van der Waals surface area contributed by atoms with E-state index in [0.717, 1.165) is 0 Å². The summed E-state index contributed by atoms with van der Waals surface area (Å²) in [6.45, 7) is 0.304. The van der Waals surface area contributed by atoms with Crippen molar-refractivity contribution >= 4 is 22.8 Å². The number of fused-ring (bicyclic) bond motifs is 1. The number of nitrogens with zero attached hydrogens (tertiary/aromatic N) is 2. The molecule has 0 aliphatic rings. The maximum Gasteiger partial charge on any atom is 0.270 e. The first kappa shape index (κ1) is 14.9. The summed E-state index contributed by atoms with van der Waals surface area (Å²) < 4.78 is 13.5. The Labute approximate surface area is 132 Å². The molecular formula is C17H15FN4O. The third-order valence-corrected chi connectivity index (χ3v) is 3.47. The van der Waals surface area contributed by atoms with Crippen molar-refractivity contribution in [2.75, 3.05) is 12.3 Å². The van der Waals surface area contributed by atoms with E-state index >= 15 is 0 Å². The molecule has 0 atom stereocenters. The highest BCUT2D eigenvalue weighted by Crippen LogP contribution is 2.16. The number of carbonyl (C=O) groups excluding carboxylic acids is 1. The Balaban J connectivity index is 1.75. The van der Waals surface area contributed by atoms with Crippen LogP contribution in [0.5, 0.6) is 0 Å². The lowest BCUT2D eigenvalue weighted by Crippen LogP contribution is -2.27.